The number of carbonyl (C=O) groups excluding carboxylic acids is 1. The van der Waals surface area contributed by atoms with Crippen molar-refractivity contribution in [2.24, 2.45) is 5.10 Å². The van der Waals surface area contributed by atoms with E-state index in [2.05, 4.69) is 10.5 Å². The van der Waals surface area contributed by atoms with E-state index in [0.717, 1.165) is 11.4 Å². The van der Waals surface area contributed by atoms with Gasteiger partial charge in [0.15, 0.2) is 5.69 Å². The minimum atomic E-state index is -6.00. The van der Waals surface area contributed by atoms with Crippen LogP contribution in [0.4, 0.5) is 28.6 Å². The number of hydrazine groups is 1. The van der Waals surface area contributed by atoms with Crippen LogP contribution in [0, 0.1) is 0 Å². The van der Waals surface area contributed by atoms with Crippen LogP contribution in [0.5, 0.6) is 0 Å². The summed E-state index contributed by atoms with van der Waals surface area (Å²) in [7, 11) is -6.00. The predicted octanol–water partition coefficient (Wildman–Crippen LogP) is 3.00. The van der Waals surface area contributed by atoms with E-state index in [-0.39, 0.29) is 5.78 Å². The molecule has 0 aromatic heterocycles. The topological polar surface area (TPSA) is 49.1 Å². The van der Waals surface area contributed by atoms with Crippen molar-refractivity contribution in [3.8, 4) is 0 Å². The molecule has 1 unspecified atom stereocenters. The number of hydrogen-bond acceptors (Lipinski definition) is 4. The molecule has 2 N–H and O–H groups in total. The van der Waals surface area contributed by atoms with Crippen molar-refractivity contribution in [1.82, 2.24) is 5.43 Å². The van der Waals surface area contributed by atoms with Gasteiger partial charge < -0.3 is 17.3 Å². The van der Waals surface area contributed by atoms with E-state index >= 15 is 0 Å². The van der Waals surface area contributed by atoms with Crippen LogP contribution in [0.1, 0.15) is 6.92 Å². The van der Waals surface area contributed by atoms with Gasteiger partial charge in [0, 0.05) is 24.1 Å². The number of nitrogens with one attached hydrogen (secondary N) is 2. The van der Waals surface area contributed by atoms with Crippen LogP contribution in [0.25, 0.3) is 0 Å². The molecule has 0 aliphatic carbocycles. The van der Waals surface area contributed by atoms with Gasteiger partial charge in [-0.2, -0.15) is 0 Å². The van der Waals surface area contributed by atoms with E-state index in [0.29, 0.717) is 16.0 Å². The van der Waals surface area contributed by atoms with Gasteiger partial charge in [-0.25, -0.2) is 5.43 Å². The van der Waals surface area contributed by atoms with Crippen molar-refractivity contribution in [1.29, 1.82) is 0 Å². The first-order valence-electron chi connectivity index (χ1n) is 7.37. The number of halogens is 5. The van der Waals surface area contributed by atoms with Gasteiger partial charge in [0.25, 0.3) is 5.84 Å². The number of anilines is 1. The van der Waals surface area contributed by atoms with Crippen LogP contribution in [-0.4, -0.2) is 18.9 Å². The van der Waals surface area contributed by atoms with Gasteiger partial charge >= 0.3 is 7.25 Å². The second-order valence-corrected chi connectivity index (χ2v) is 5.56. The zero-order valence-corrected chi connectivity index (χ0v) is 14.2. The number of ketones is 1. The molecular formula is C15H14BClF4N4O. The largest absolute Gasteiger partial charge is 0.673 e. The van der Waals surface area contributed by atoms with E-state index in [1.165, 1.54) is 6.92 Å². The Hall–Kier alpha value is -2.59. The van der Waals surface area contributed by atoms with E-state index in [1.807, 2.05) is 42.5 Å². The Bertz CT molecular complexity index is 780. The molecule has 1 heterocycles. The van der Waals surface area contributed by atoms with Crippen LogP contribution in [0.3, 0.4) is 0 Å². The number of Topliss-reactive ketones (excluding diaryl/α,β-unsaturated/α-hetero) is 1. The second kappa shape index (κ2) is 8.20. The summed E-state index contributed by atoms with van der Waals surface area (Å²) in [5.41, 5.74) is 4.81. The van der Waals surface area contributed by atoms with Crippen molar-refractivity contribution < 1.29 is 27.2 Å². The zero-order chi connectivity index (χ0) is 19.3. The van der Waals surface area contributed by atoms with Gasteiger partial charge in [-0.15, -0.1) is 0 Å². The summed E-state index contributed by atoms with van der Waals surface area (Å²) >= 11 is 5.92. The first kappa shape index (κ1) is 19.7. The van der Waals surface area contributed by atoms with Gasteiger partial charge in [0.05, 0.1) is 0 Å². The molecular weight excluding hydrogens is 374 g/mol. The summed E-state index contributed by atoms with van der Waals surface area (Å²) in [4.78, 5) is 11.6. The molecule has 0 radical (unpaired) electrons. The normalized spacial score (nSPS) is 16.3. The number of benzene rings is 2. The predicted molar refractivity (Wildman–Crippen MR) is 92.4 cm³/mol. The van der Waals surface area contributed by atoms with Gasteiger partial charge in [0.2, 0.25) is 5.78 Å². The Morgan fingerprint density at radius 2 is 1.62 bits per heavy atom. The fraction of sp³-hybridized carbons (Fsp3) is 0.0667. The molecule has 26 heavy (non-hydrogen) atoms. The minimum Gasteiger partial charge on any atom is -0.418 e. The number of amidine groups is 1. The molecule has 1 atom stereocenters. The minimum absolute atomic E-state index is 0.111. The molecule has 0 amide bonds. The highest BCUT2D eigenvalue weighted by Crippen LogP contribution is 2.16. The fourth-order valence-electron chi connectivity index (χ4n) is 2.06. The molecule has 0 saturated carbocycles. The average Bonchev–Trinajstić information content (AvgIpc) is 3.00. The lowest BCUT2D eigenvalue weighted by molar-refractivity contribution is -0.846. The molecule has 0 spiro atoms. The van der Waals surface area contributed by atoms with Gasteiger partial charge in [0.1, 0.15) is 5.69 Å². The van der Waals surface area contributed by atoms with Crippen molar-refractivity contribution in [2.75, 3.05) is 5.12 Å². The van der Waals surface area contributed by atoms with Crippen molar-refractivity contribution in [3.05, 3.63) is 59.6 Å². The van der Waals surface area contributed by atoms with E-state index in [1.54, 1.807) is 17.3 Å². The standard InChI is InChI=1S/C15H13ClN4O.BF4/c1-11(21)15-17-19(13-5-3-2-4-6-13)20(18-15)14-9-7-12(16)8-10-14;2-1(3,4)5/h2-10H,1H3,(H,17,18);/q;-1/p+1. The number of hydrogen-bond donors (Lipinski definition) is 2. The second-order valence-electron chi connectivity index (χ2n) is 5.12. The third-order valence-electron chi connectivity index (χ3n) is 3.10. The lowest BCUT2D eigenvalue weighted by atomic mass is 10.3. The summed E-state index contributed by atoms with van der Waals surface area (Å²) in [6, 6.07) is 17.1. The monoisotopic (exact) mass is 388 g/mol. The van der Waals surface area contributed by atoms with E-state index < -0.39 is 7.25 Å². The van der Waals surface area contributed by atoms with Crippen molar-refractivity contribution >= 4 is 41.8 Å². The molecule has 1 aliphatic heterocycles. The number of carbonyl (C=O) groups is 1. The summed E-state index contributed by atoms with van der Waals surface area (Å²) in [6.07, 6.45) is 0. The van der Waals surface area contributed by atoms with E-state index in [4.69, 9.17) is 11.6 Å². The Morgan fingerprint density at radius 3 is 2.12 bits per heavy atom. The first-order chi connectivity index (χ1) is 12.1. The summed E-state index contributed by atoms with van der Waals surface area (Å²) in [5, 5.41) is 7.53. The average molecular weight is 389 g/mol. The number of quaternary nitrogens is 1. The highest BCUT2D eigenvalue weighted by atomic mass is 35.5. The summed E-state index contributed by atoms with van der Waals surface area (Å²) in [5.74, 6) is 0.212. The molecule has 138 valence electrons. The Labute approximate surface area is 151 Å². The van der Waals surface area contributed by atoms with Crippen molar-refractivity contribution in [3.63, 3.8) is 0 Å². The Kier molecular flexibility index (Phi) is 6.22. The smallest absolute Gasteiger partial charge is 0.418 e. The van der Waals surface area contributed by atoms with Crippen LogP contribution in [0.15, 0.2) is 59.7 Å². The maximum absolute atomic E-state index is 11.6. The number of nitrogens with zero attached hydrogens (tertiary/aromatic N) is 2. The Balaban J connectivity index is 0.000000431. The van der Waals surface area contributed by atoms with Crippen LogP contribution < -0.4 is 15.7 Å². The van der Waals surface area contributed by atoms with Crippen LogP contribution in [0.2, 0.25) is 5.02 Å². The third-order valence-corrected chi connectivity index (χ3v) is 3.35. The Morgan fingerprint density at radius 1 is 1.08 bits per heavy atom. The molecule has 1 aliphatic rings. The third kappa shape index (κ3) is 5.75. The maximum Gasteiger partial charge on any atom is 0.673 e. The summed E-state index contributed by atoms with van der Waals surface area (Å²) < 4.78 is 39.0. The molecule has 2 aromatic carbocycles. The van der Waals surface area contributed by atoms with Gasteiger partial charge in [-0.3, -0.25) is 4.79 Å². The van der Waals surface area contributed by atoms with E-state index in [9.17, 15) is 22.1 Å². The SMILES string of the molecule is CC(=O)C1=N[NH+](c2ccccc2)N(c2ccc(Cl)cc2)N1.F[B-](F)(F)F. The van der Waals surface area contributed by atoms with Gasteiger partial charge in [-0.05, 0) is 29.4 Å². The quantitative estimate of drug-likeness (QED) is 0.628. The fourth-order valence-corrected chi connectivity index (χ4v) is 2.18. The zero-order valence-electron chi connectivity index (χ0n) is 13.5. The first-order valence-corrected chi connectivity index (χ1v) is 7.74. The number of rotatable bonds is 3. The van der Waals surface area contributed by atoms with Crippen LogP contribution in [-0.2, 0) is 4.79 Å². The van der Waals surface area contributed by atoms with Crippen molar-refractivity contribution in [2.45, 2.75) is 6.92 Å². The highest BCUT2D eigenvalue weighted by molar-refractivity contribution is 6.50. The molecule has 0 bridgehead atoms. The molecule has 11 heteroatoms. The molecule has 3 rings (SSSR count). The van der Waals surface area contributed by atoms with Gasteiger partial charge in [-0.1, -0.05) is 40.0 Å². The maximum atomic E-state index is 11.6. The molecule has 2 aromatic rings. The molecule has 5 nitrogen and oxygen atoms in total. The lowest BCUT2D eigenvalue weighted by Crippen LogP contribution is -3.10. The molecule has 0 fully saturated rings. The molecule has 0 saturated heterocycles. The van der Waals surface area contributed by atoms with Crippen LogP contribution >= 0.6 is 11.6 Å². The summed E-state index contributed by atoms with van der Waals surface area (Å²) in [6.45, 7) is 1.49. The highest BCUT2D eigenvalue weighted by Gasteiger charge is 2.33. The lowest BCUT2D eigenvalue weighted by Gasteiger charge is -2.21.